The summed E-state index contributed by atoms with van der Waals surface area (Å²) in [6.45, 7) is 17.1. The summed E-state index contributed by atoms with van der Waals surface area (Å²) >= 11 is 1.79. The van der Waals surface area contributed by atoms with Gasteiger partial charge in [-0.2, -0.15) is 0 Å². The maximum absolute atomic E-state index is 4.78. The summed E-state index contributed by atoms with van der Waals surface area (Å²) in [4.78, 5) is 13.2. The van der Waals surface area contributed by atoms with Gasteiger partial charge in [-0.1, -0.05) is 6.92 Å². The lowest BCUT2D eigenvalue weighted by molar-refractivity contribution is 0.265. The standard InChI is InChI=1S/C18H33N5S.HI/c1-7-19-18(20-9-8-17-14(5)21-15(6)24-17)22-16-11-23(12(2)3)10-13(16)4;/h12-13,16H,7-11H2,1-6H3,(H2,19,20,22);1H. The number of thiazole rings is 1. The highest BCUT2D eigenvalue weighted by molar-refractivity contribution is 14.0. The second kappa shape index (κ2) is 10.7. The molecule has 25 heavy (non-hydrogen) atoms. The molecule has 1 aliphatic rings. The van der Waals surface area contributed by atoms with Crippen LogP contribution in [-0.2, 0) is 6.42 Å². The third-order valence-electron chi connectivity index (χ3n) is 4.65. The Morgan fingerprint density at radius 3 is 2.60 bits per heavy atom. The average molecular weight is 479 g/mol. The Morgan fingerprint density at radius 1 is 1.36 bits per heavy atom. The average Bonchev–Trinajstić information content (AvgIpc) is 3.02. The lowest BCUT2D eigenvalue weighted by atomic mass is 10.1. The topological polar surface area (TPSA) is 52.6 Å². The number of halogens is 1. The molecule has 7 heteroatoms. The van der Waals surface area contributed by atoms with E-state index in [1.807, 2.05) is 0 Å². The highest BCUT2D eigenvalue weighted by Crippen LogP contribution is 2.19. The molecule has 0 aliphatic carbocycles. The van der Waals surface area contributed by atoms with E-state index in [2.05, 4.69) is 62.1 Å². The molecule has 1 aromatic heterocycles. The SMILES string of the molecule is CCNC(=NCCc1sc(C)nc1C)NC1CN(C(C)C)CC1C.I. The first-order chi connectivity index (χ1) is 11.4. The van der Waals surface area contributed by atoms with Gasteiger partial charge in [-0.3, -0.25) is 9.89 Å². The number of nitrogens with one attached hydrogen (secondary N) is 2. The second-order valence-corrected chi connectivity index (χ2v) is 8.32. The molecule has 2 N–H and O–H groups in total. The first kappa shape index (κ1) is 22.6. The number of likely N-dealkylation sites (tertiary alicyclic amines) is 1. The fourth-order valence-corrected chi connectivity index (χ4v) is 4.11. The largest absolute Gasteiger partial charge is 0.357 e. The minimum Gasteiger partial charge on any atom is -0.357 e. The first-order valence-corrected chi connectivity index (χ1v) is 9.94. The molecule has 1 aliphatic heterocycles. The zero-order valence-corrected chi connectivity index (χ0v) is 19.6. The number of aromatic nitrogens is 1. The van der Waals surface area contributed by atoms with Crippen LogP contribution in [0.1, 0.15) is 43.3 Å². The van der Waals surface area contributed by atoms with Crippen molar-refractivity contribution >= 4 is 41.3 Å². The molecule has 2 unspecified atom stereocenters. The number of hydrogen-bond donors (Lipinski definition) is 2. The second-order valence-electron chi connectivity index (χ2n) is 7.03. The molecule has 0 amide bonds. The van der Waals surface area contributed by atoms with Crippen molar-refractivity contribution in [1.29, 1.82) is 0 Å². The minimum atomic E-state index is 0. The van der Waals surface area contributed by atoms with Crippen molar-refractivity contribution in [1.82, 2.24) is 20.5 Å². The van der Waals surface area contributed by atoms with E-state index >= 15 is 0 Å². The smallest absolute Gasteiger partial charge is 0.191 e. The molecule has 5 nitrogen and oxygen atoms in total. The molecule has 0 bridgehead atoms. The van der Waals surface area contributed by atoms with E-state index in [1.165, 1.54) is 4.88 Å². The first-order valence-electron chi connectivity index (χ1n) is 9.12. The van der Waals surface area contributed by atoms with E-state index in [0.29, 0.717) is 18.0 Å². The fraction of sp³-hybridized carbons (Fsp3) is 0.778. The van der Waals surface area contributed by atoms with Crippen LogP contribution in [0.2, 0.25) is 0 Å². The van der Waals surface area contributed by atoms with Gasteiger partial charge < -0.3 is 10.6 Å². The van der Waals surface area contributed by atoms with Gasteiger partial charge in [0.05, 0.1) is 10.7 Å². The predicted octanol–water partition coefficient (Wildman–Crippen LogP) is 3.20. The van der Waals surface area contributed by atoms with Crippen LogP contribution in [0.15, 0.2) is 4.99 Å². The van der Waals surface area contributed by atoms with E-state index in [4.69, 9.17) is 4.99 Å². The fourth-order valence-electron chi connectivity index (χ4n) is 3.18. The van der Waals surface area contributed by atoms with Crippen LogP contribution in [-0.4, -0.2) is 54.1 Å². The van der Waals surface area contributed by atoms with E-state index < -0.39 is 0 Å². The zero-order chi connectivity index (χ0) is 17.7. The van der Waals surface area contributed by atoms with Crippen LogP contribution in [0.25, 0.3) is 0 Å². The molecule has 2 rings (SSSR count). The molecule has 0 spiro atoms. The monoisotopic (exact) mass is 479 g/mol. The van der Waals surface area contributed by atoms with Gasteiger partial charge in [-0.05, 0) is 40.5 Å². The Bertz CT molecular complexity index is 558. The maximum Gasteiger partial charge on any atom is 0.191 e. The minimum absolute atomic E-state index is 0. The van der Waals surface area contributed by atoms with Crippen LogP contribution >= 0.6 is 35.3 Å². The van der Waals surface area contributed by atoms with Crippen LogP contribution in [0.4, 0.5) is 0 Å². The van der Waals surface area contributed by atoms with Crippen molar-refractivity contribution in [2.45, 2.75) is 60.0 Å². The molecule has 1 aromatic rings. The Balaban J connectivity index is 0.00000312. The van der Waals surface area contributed by atoms with Gasteiger partial charge >= 0.3 is 0 Å². The molecule has 2 heterocycles. The summed E-state index contributed by atoms with van der Waals surface area (Å²) in [6, 6.07) is 1.08. The summed E-state index contributed by atoms with van der Waals surface area (Å²) < 4.78 is 0. The van der Waals surface area contributed by atoms with Crippen LogP contribution in [0.5, 0.6) is 0 Å². The lowest BCUT2D eigenvalue weighted by Crippen LogP contribution is -2.46. The third kappa shape index (κ3) is 6.67. The Hall–Kier alpha value is -0.410. The van der Waals surface area contributed by atoms with Crippen molar-refractivity contribution in [2.75, 3.05) is 26.2 Å². The Morgan fingerprint density at radius 2 is 2.08 bits per heavy atom. The van der Waals surface area contributed by atoms with Gasteiger partial charge in [-0.15, -0.1) is 35.3 Å². The maximum atomic E-state index is 4.78. The van der Waals surface area contributed by atoms with E-state index in [-0.39, 0.29) is 24.0 Å². The molecule has 0 radical (unpaired) electrons. The number of aryl methyl sites for hydroxylation is 2. The Kier molecular flexibility index (Phi) is 9.66. The number of aliphatic imine (C=N–C) groups is 1. The zero-order valence-electron chi connectivity index (χ0n) is 16.4. The lowest BCUT2D eigenvalue weighted by Gasteiger charge is -2.21. The van der Waals surface area contributed by atoms with Crippen LogP contribution in [0, 0.1) is 19.8 Å². The number of rotatable bonds is 6. The molecule has 2 atom stereocenters. The molecule has 0 saturated carbocycles. The molecular weight excluding hydrogens is 445 g/mol. The highest BCUT2D eigenvalue weighted by atomic mass is 127. The van der Waals surface area contributed by atoms with E-state index in [0.717, 1.165) is 49.3 Å². The molecule has 1 fully saturated rings. The summed E-state index contributed by atoms with van der Waals surface area (Å²) in [5, 5.41) is 8.17. The molecular formula is C18H34IN5S. The van der Waals surface area contributed by atoms with E-state index in [9.17, 15) is 0 Å². The summed E-state index contributed by atoms with van der Waals surface area (Å²) in [5.41, 5.74) is 1.16. The third-order valence-corrected chi connectivity index (χ3v) is 5.78. The highest BCUT2D eigenvalue weighted by Gasteiger charge is 2.31. The number of hydrogen-bond acceptors (Lipinski definition) is 4. The summed E-state index contributed by atoms with van der Waals surface area (Å²) in [7, 11) is 0. The molecule has 0 aromatic carbocycles. The predicted molar refractivity (Wildman–Crippen MR) is 119 cm³/mol. The van der Waals surface area contributed by atoms with Gasteiger partial charge in [-0.25, -0.2) is 4.98 Å². The quantitative estimate of drug-likeness (QED) is 0.374. The van der Waals surface area contributed by atoms with Gasteiger partial charge in [0.2, 0.25) is 0 Å². The van der Waals surface area contributed by atoms with Crippen molar-refractivity contribution in [3.05, 3.63) is 15.6 Å². The van der Waals surface area contributed by atoms with Crippen molar-refractivity contribution < 1.29 is 0 Å². The molecule has 144 valence electrons. The van der Waals surface area contributed by atoms with Crippen molar-refractivity contribution in [3.63, 3.8) is 0 Å². The van der Waals surface area contributed by atoms with Gasteiger partial charge in [0, 0.05) is 49.6 Å². The number of guanidine groups is 1. The molecule has 1 saturated heterocycles. The normalized spacial score (nSPS) is 21.5. The van der Waals surface area contributed by atoms with Crippen LogP contribution < -0.4 is 10.6 Å². The van der Waals surface area contributed by atoms with Gasteiger partial charge in [0.15, 0.2) is 5.96 Å². The van der Waals surface area contributed by atoms with Crippen LogP contribution in [0.3, 0.4) is 0 Å². The summed E-state index contributed by atoms with van der Waals surface area (Å²) in [6.07, 6.45) is 0.965. The van der Waals surface area contributed by atoms with Crippen molar-refractivity contribution in [2.24, 2.45) is 10.9 Å². The van der Waals surface area contributed by atoms with Gasteiger partial charge in [0.25, 0.3) is 0 Å². The number of nitrogens with zero attached hydrogens (tertiary/aromatic N) is 3. The summed E-state index contributed by atoms with van der Waals surface area (Å²) in [5.74, 6) is 1.58. The van der Waals surface area contributed by atoms with Crippen molar-refractivity contribution in [3.8, 4) is 0 Å². The van der Waals surface area contributed by atoms with E-state index in [1.54, 1.807) is 11.3 Å². The Labute approximate surface area is 174 Å². The van der Waals surface area contributed by atoms with Gasteiger partial charge in [0.1, 0.15) is 0 Å².